The second kappa shape index (κ2) is 7.24. The van der Waals surface area contributed by atoms with Gasteiger partial charge in [-0.2, -0.15) is 5.10 Å². The molecule has 0 aliphatic carbocycles. The fraction of sp³-hybridized carbons (Fsp3) is 0.333. The second-order valence-corrected chi connectivity index (χ2v) is 5.02. The maximum absolute atomic E-state index is 12.4. The Bertz CT molecular complexity index is 578. The quantitative estimate of drug-likeness (QED) is 0.812. The Morgan fingerprint density at radius 1 is 1.19 bits per heavy atom. The highest BCUT2D eigenvalue weighted by atomic mass is 35.5. The number of aromatic nitrogens is 2. The van der Waals surface area contributed by atoms with Gasteiger partial charge >= 0.3 is 0 Å². The molecule has 112 valence electrons. The van der Waals surface area contributed by atoms with Gasteiger partial charge < -0.3 is 10.6 Å². The number of carbonyl (C=O) groups excluding carboxylic acids is 1. The van der Waals surface area contributed by atoms with Gasteiger partial charge in [-0.1, -0.05) is 30.3 Å². The van der Waals surface area contributed by atoms with Crippen LogP contribution in [0.5, 0.6) is 0 Å². The number of nitrogens with zero attached hydrogens (tertiary/aromatic N) is 1. The van der Waals surface area contributed by atoms with Crippen molar-refractivity contribution in [1.29, 1.82) is 0 Å². The fourth-order valence-corrected chi connectivity index (χ4v) is 2.51. The maximum Gasteiger partial charge on any atom is 0.255 e. The van der Waals surface area contributed by atoms with E-state index in [-0.39, 0.29) is 24.4 Å². The largest absolute Gasteiger partial charge is 0.349 e. The summed E-state index contributed by atoms with van der Waals surface area (Å²) in [6, 6.07) is 10.0. The van der Waals surface area contributed by atoms with Crippen LogP contribution in [-0.2, 0) is 0 Å². The van der Waals surface area contributed by atoms with Crippen molar-refractivity contribution in [3.8, 4) is 11.3 Å². The third kappa shape index (κ3) is 3.62. The van der Waals surface area contributed by atoms with Gasteiger partial charge in [-0.3, -0.25) is 9.89 Å². The predicted molar refractivity (Wildman–Crippen MR) is 84.6 cm³/mol. The zero-order valence-electron chi connectivity index (χ0n) is 11.6. The minimum atomic E-state index is -0.0514. The summed E-state index contributed by atoms with van der Waals surface area (Å²) in [7, 11) is 0. The third-order valence-electron chi connectivity index (χ3n) is 3.62. The number of hydrogen-bond donors (Lipinski definition) is 3. The van der Waals surface area contributed by atoms with Crippen molar-refractivity contribution >= 4 is 18.3 Å². The molecule has 0 spiro atoms. The van der Waals surface area contributed by atoms with Crippen LogP contribution in [0.15, 0.2) is 36.5 Å². The van der Waals surface area contributed by atoms with E-state index in [1.54, 1.807) is 6.20 Å². The van der Waals surface area contributed by atoms with Crippen LogP contribution in [0.4, 0.5) is 0 Å². The molecule has 1 saturated heterocycles. The molecule has 0 saturated carbocycles. The Labute approximate surface area is 129 Å². The summed E-state index contributed by atoms with van der Waals surface area (Å²) in [4.78, 5) is 12.4. The Balaban J connectivity index is 0.00000161. The Morgan fingerprint density at radius 3 is 2.62 bits per heavy atom. The van der Waals surface area contributed by atoms with E-state index in [1.165, 1.54) is 0 Å². The first-order valence-corrected chi connectivity index (χ1v) is 6.95. The number of amides is 1. The van der Waals surface area contributed by atoms with Crippen molar-refractivity contribution in [3.63, 3.8) is 0 Å². The van der Waals surface area contributed by atoms with Gasteiger partial charge in [0, 0.05) is 11.6 Å². The number of nitrogens with one attached hydrogen (secondary N) is 3. The number of piperidine rings is 1. The van der Waals surface area contributed by atoms with Crippen molar-refractivity contribution in [2.45, 2.75) is 18.9 Å². The molecule has 1 aromatic heterocycles. The SMILES string of the molecule is Cl.O=C(NC1CCNCC1)c1cn[nH]c1-c1ccccc1. The van der Waals surface area contributed by atoms with Gasteiger partial charge in [0.15, 0.2) is 0 Å². The standard InChI is InChI=1S/C15H18N4O.ClH/c20-15(18-12-6-8-16-9-7-12)13-10-17-19-14(13)11-4-2-1-3-5-11;/h1-5,10,12,16H,6-9H2,(H,17,19)(H,18,20);1H. The molecule has 5 nitrogen and oxygen atoms in total. The highest BCUT2D eigenvalue weighted by Gasteiger charge is 2.20. The molecule has 1 fully saturated rings. The summed E-state index contributed by atoms with van der Waals surface area (Å²) in [5, 5.41) is 13.3. The van der Waals surface area contributed by atoms with E-state index in [9.17, 15) is 4.79 Å². The van der Waals surface area contributed by atoms with Crippen LogP contribution < -0.4 is 10.6 Å². The highest BCUT2D eigenvalue weighted by Crippen LogP contribution is 2.20. The van der Waals surface area contributed by atoms with Gasteiger partial charge in [-0.05, 0) is 25.9 Å². The van der Waals surface area contributed by atoms with Crippen molar-refractivity contribution in [2.24, 2.45) is 0 Å². The molecule has 2 heterocycles. The molecule has 2 aromatic rings. The predicted octanol–water partition coefficient (Wildman–Crippen LogP) is 1.98. The van der Waals surface area contributed by atoms with Crippen LogP contribution in [0.2, 0.25) is 0 Å². The van der Waals surface area contributed by atoms with E-state index in [1.807, 2.05) is 30.3 Å². The van der Waals surface area contributed by atoms with E-state index < -0.39 is 0 Å². The van der Waals surface area contributed by atoms with E-state index in [0.29, 0.717) is 5.56 Å². The normalized spacial score (nSPS) is 15.2. The van der Waals surface area contributed by atoms with Gasteiger partial charge in [0.1, 0.15) is 0 Å². The minimum Gasteiger partial charge on any atom is -0.349 e. The van der Waals surface area contributed by atoms with Gasteiger partial charge in [0.25, 0.3) is 5.91 Å². The molecule has 6 heteroatoms. The zero-order valence-corrected chi connectivity index (χ0v) is 12.5. The lowest BCUT2D eigenvalue weighted by Gasteiger charge is -2.23. The highest BCUT2D eigenvalue weighted by molar-refractivity contribution is 5.99. The Kier molecular flexibility index (Phi) is 5.36. The first-order chi connectivity index (χ1) is 9.84. The summed E-state index contributed by atoms with van der Waals surface area (Å²) >= 11 is 0. The van der Waals surface area contributed by atoms with Crippen LogP contribution in [-0.4, -0.2) is 35.2 Å². The molecule has 21 heavy (non-hydrogen) atoms. The van der Waals surface area contributed by atoms with Crippen LogP contribution in [0.1, 0.15) is 23.2 Å². The fourth-order valence-electron chi connectivity index (χ4n) is 2.51. The molecular formula is C15H19ClN4O. The number of halogens is 1. The van der Waals surface area contributed by atoms with E-state index in [4.69, 9.17) is 0 Å². The average Bonchev–Trinajstić information content (AvgIpc) is 2.99. The summed E-state index contributed by atoms with van der Waals surface area (Å²) in [6.07, 6.45) is 3.55. The van der Waals surface area contributed by atoms with Crippen LogP contribution in [0, 0.1) is 0 Å². The minimum absolute atomic E-state index is 0. The summed E-state index contributed by atoms with van der Waals surface area (Å²) in [5.74, 6) is -0.0514. The molecule has 0 atom stereocenters. The lowest BCUT2D eigenvalue weighted by molar-refractivity contribution is 0.0930. The molecule has 3 rings (SSSR count). The Morgan fingerprint density at radius 2 is 1.90 bits per heavy atom. The third-order valence-corrected chi connectivity index (χ3v) is 3.62. The topological polar surface area (TPSA) is 69.8 Å². The molecule has 1 aliphatic heterocycles. The molecular weight excluding hydrogens is 288 g/mol. The number of benzene rings is 1. The molecule has 3 N–H and O–H groups in total. The first kappa shape index (κ1) is 15.5. The number of rotatable bonds is 3. The van der Waals surface area contributed by atoms with Gasteiger partial charge in [-0.15, -0.1) is 12.4 Å². The number of carbonyl (C=O) groups is 1. The molecule has 1 aromatic carbocycles. The second-order valence-electron chi connectivity index (χ2n) is 5.02. The van der Waals surface area contributed by atoms with Crippen molar-refractivity contribution in [2.75, 3.05) is 13.1 Å². The molecule has 0 unspecified atom stereocenters. The van der Waals surface area contributed by atoms with Crippen molar-refractivity contribution < 1.29 is 4.79 Å². The maximum atomic E-state index is 12.4. The average molecular weight is 307 g/mol. The zero-order chi connectivity index (χ0) is 13.8. The molecule has 1 amide bonds. The van der Waals surface area contributed by atoms with E-state index in [0.717, 1.165) is 37.2 Å². The van der Waals surface area contributed by atoms with Gasteiger partial charge in [0.05, 0.1) is 17.5 Å². The van der Waals surface area contributed by atoms with Gasteiger partial charge in [0.2, 0.25) is 0 Å². The molecule has 0 radical (unpaired) electrons. The van der Waals surface area contributed by atoms with E-state index in [2.05, 4.69) is 20.8 Å². The lowest BCUT2D eigenvalue weighted by atomic mass is 10.0. The lowest BCUT2D eigenvalue weighted by Crippen LogP contribution is -2.42. The molecule has 0 bridgehead atoms. The van der Waals surface area contributed by atoms with Crippen LogP contribution in [0.25, 0.3) is 11.3 Å². The van der Waals surface area contributed by atoms with Crippen LogP contribution in [0.3, 0.4) is 0 Å². The summed E-state index contributed by atoms with van der Waals surface area (Å²) in [6.45, 7) is 1.92. The monoisotopic (exact) mass is 306 g/mol. The summed E-state index contributed by atoms with van der Waals surface area (Å²) in [5.41, 5.74) is 2.35. The summed E-state index contributed by atoms with van der Waals surface area (Å²) < 4.78 is 0. The number of hydrogen-bond acceptors (Lipinski definition) is 3. The van der Waals surface area contributed by atoms with E-state index >= 15 is 0 Å². The smallest absolute Gasteiger partial charge is 0.255 e. The number of H-pyrrole nitrogens is 1. The number of aromatic amines is 1. The van der Waals surface area contributed by atoms with Gasteiger partial charge in [-0.25, -0.2) is 0 Å². The van der Waals surface area contributed by atoms with Crippen molar-refractivity contribution in [1.82, 2.24) is 20.8 Å². The Hall–Kier alpha value is -1.85. The van der Waals surface area contributed by atoms with Crippen molar-refractivity contribution in [3.05, 3.63) is 42.1 Å². The first-order valence-electron chi connectivity index (χ1n) is 6.95. The van der Waals surface area contributed by atoms with Crippen LogP contribution >= 0.6 is 12.4 Å². The molecule has 1 aliphatic rings.